The van der Waals surface area contributed by atoms with Crippen LogP contribution in [0.15, 0.2) is 47.9 Å². The quantitative estimate of drug-likeness (QED) is 0.150. The van der Waals surface area contributed by atoms with Crippen molar-refractivity contribution in [3.63, 3.8) is 0 Å². The number of allylic oxidation sites excluding steroid dienone is 2. The number of unbranched alkanes of at least 4 members (excludes halogenated alkanes) is 3. The van der Waals surface area contributed by atoms with Gasteiger partial charge >= 0.3 is 4.87 Å². The van der Waals surface area contributed by atoms with Gasteiger partial charge in [-0.15, -0.1) is 0 Å². The number of rotatable bonds is 13. The molecule has 3 aliphatic rings. The molecule has 3 atom stereocenters. The Kier molecular flexibility index (Phi) is 14.8. The number of likely N-dealkylation sites (tertiary alicyclic amines) is 1. The van der Waals surface area contributed by atoms with Crippen LogP contribution in [0.25, 0.3) is 6.08 Å². The second-order valence-corrected chi connectivity index (χ2v) is 16.4. The number of benzene rings is 1. The Balaban J connectivity index is 0.000000212. The van der Waals surface area contributed by atoms with Crippen molar-refractivity contribution < 1.29 is 22.8 Å². The number of hydrogen-bond acceptors (Lipinski definition) is 8. The minimum absolute atomic E-state index is 0.0279. The van der Waals surface area contributed by atoms with E-state index in [0.717, 1.165) is 35.5 Å². The predicted octanol–water partition coefficient (Wildman–Crippen LogP) is 5.72. The molecule has 264 valence electrons. The highest BCUT2D eigenvalue weighted by molar-refractivity contribution is 7.91. The molecule has 1 aromatic carbocycles. The molecule has 0 bridgehead atoms. The molecule has 15 heteroatoms. The summed E-state index contributed by atoms with van der Waals surface area (Å²) in [5, 5.41) is 3.93. The summed E-state index contributed by atoms with van der Waals surface area (Å²) in [5.74, 6) is -0.848. The molecule has 11 nitrogen and oxygen atoms in total. The average Bonchev–Trinajstić information content (AvgIpc) is 3.86. The smallest absolute Gasteiger partial charge is 0.305 e. The van der Waals surface area contributed by atoms with Crippen molar-refractivity contribution >= 4 is 74.0 Å². The van der Waals surface area contributed by atoms with Crippen LogP contribution in [-0.2, 0) is 24.4 Å². The summed E-state index contributed by atoms with van der Waals surface area (Å²) in [6.45, 7) is 7.99. The van der Waals surface area contributed by atoms with Gasteiger partial charge in [-0.05, 0) is 76.0 Å². The molecule has 2 saturated carbocycles. The van der Waals surface area contributed by atoms with Gasteiger partial charge in [-0.25, -0.2) is 8.42 Å². The largest absolute Gasteiger partial charge is 0.376 e. The summed E-state index contributed by atoms with van der Waals surface area (Å²) < 4.78 is 25.4. The van der Waals surface area contributed by atoms with E-state index in [1.54, 1.807) is 37.4 Å². The summed E-state index contributed by atoms with van der Waals surface area (Å²) in [4.78, 5) is 50.5. The van der Waals surface area contributed by atoms with E-state index in [4.69, 9.17) is 28.9 Å². The highest BCUT2D eigenvalue weighted by atomic mass is 35.5. The van der Waals surface area contributed by atoms with Crippen LogP contribution in [0.1, 0.15) is 76.5 Å². The zero-order valence-electron chi connectivity index (χ0n) is 27.3. The first-order chi connectivity index (χ1) is 22.7. The van der Waals surface area contributed by atoms with Crippen LogP contribution in [0.4, 0.5) is 5.69 Å². The number of nitrogens with zero attached hydrogens (tertiary/aromatic N) is 1. The lowest BCUT2D eigenvalue weighted by molar-refractivity contribution is -0.135. The van der Waals surface area contributed by atoms with E-state index >= 15 is 0 Å². The van der Waals surface area contributed by atoms with E-state index in [-0.39, 0.29) is 35.1 Å². The number of carbonyl (C=O) groups is 3. The fourth-order valence-corrected chi connectivity index (χ4v) is 7.34. The van der Waals surface area contributed by atoms with Crippen molar-refractivity contribution in [2.75, 3.05) is 18.4 Å². The number of sulfonamides is 1. The molecule has 1 aliphatic heterocycles. The third-order valence-electron chi connectivity index (χ3n) is 8.32. The number of H-pyrrole nitrogens is 1. The number of halogens is 2. The normalized spacial score (nSPS) is 20.5. The van der Waals surface area contributed by atoms with Crippen LogP contribution in [-0.4, -0.2) is 59.9 Å². The summed E-state index contributed by atoms with van der Waals surface area (Å²) in [7, 11) is -3.47. The zero-order chi connectivity index (χ0) is 35.5. The van der Waals surface area contributed by atoms with Gasteiger partial charge in [-0.2, -0.15) is 0 Å². The predicted molar refractivity (Wildman–Crippen MR) is 193 cm³/mol. The van der Waals surface area contributed by atoms with Gasteiger partial charge in [0.15, 0.2) is 0 Å². The van der Waals surface area contributed by atoms with Crippen molar-refractivity contribution in [2.45, 2.75) is 82.4 Å². The Hall–Kier alpha value is -3.13. The number of aromatic nitrogens is 1. The molecule has 0 spiro atoms. The maximum atomic E-state index is 12.1. The van der Waals surface area contributed by atoms with Crippen molar-refractivity contribution in [2.24, 2.45) is 17.6 Å². The molecule has 3 fully saturated rings. The van der Waals surface area contributed by atoms with Gasteiger partial charge in [0.25, 0.3) is 0 Å². The number of nitrogens with one attached hydrogen (secondary N) is 3. The monoisotopic (exact) mass is 741 g/mol. The molecule has 48 heavy (non-hydrogen) atoms. The number of aromatic amines is 1. The minimum Gasteiger partial charge on any atom is -0.376 e. The molecule has 0 radical (unpaired) electrons. The molecule has 2 unspecified atom stereocenters. The molecular weight excluding hydrogens is 697 g/mol. The molecule has 5 N–H and O–H groups in total. The molecule has 2 aliphatic carbocycles. The average molecular weight is 743 g/mol. The molecular formula is C33H45Cl2N5O6S2. The number of amides is 3. The van der Waals surface area contributed by atoms with Crippen molar-refractivity contribution in [3.05, 3.63) is 67.7 Å². The van der Waals surface area contributed by atoms with Crippen molar-refractivity contribution in [1.29, 1.82) is 0 Å². The molecule has 3 amide bonds. The van der Waals surface area contributed by atoms with E-state index < -0.39 is 26.7 Å². The number of thiazole rings is 1. The van der Waals surface area contributed by atoms with Crippen LogP contribution in [0.5, 0.6) is 0 Å². The van der Waals surface area contributed by atoms with E-state index in [0.29, 0.717) is 41.5 Å². The summed E-state index contributed by atoms with van der Waals surface area (Å²) >= 11 is 12.9. The first-order valence-corrected chi connectivity index (χ1v) is 19.1. The maximum absolute atomic E-state index is 12.1. The fourth-order valence-electron chi connectivity index (χ4n) is 4.98. The SMILES string of the molecule is C=Cc1c[nH]c(=O)s1.CCCCC/C=C\C1C[C@@H]1C(=O)NS(=O)(=O)C1(C)CC1.NC(=O)C1CCCN1C(=O)CNc1cc(Cl)cc(Cl)c1. The van der Waals surface area contributed by atoms with Gasteiger partial charge in [-0.1, -0.05) is 79.1 Å². The van der Waals surface area contributed by atoms with Crippen LogP contribution in [0, 0.1) is 11.8 Å². The first kappa shape index (κ1) is 39.3. The Bertz CT molecular complexity index is 1620. The van der Waals surface area contributed by atoms with Gasteiger partial charge in [0.05, 0.1) is 11.3 Å². The van der Waals surface area contributed by atoms with Crippen molar-refractivity contribution in [3.8, 4) is 0 Å². The van der Waals surface area contributed by atoms with E-state index in [1.807, 2.05) is 0 Å². The van der Waals surface area contributed by atoms with E-state index in [1.165, 1.54) is 24.2 Å². The Morgan fingerprint density at radius 1 is 1.19 bits per heavy atom. The van der Waals surface area contributed by atoms with Crippen LogP contribution >= 0.6 is 34.5 Å². The third kappa shape index (κ3) is 12.1. The maximum Gasteiger partial charge on any atom is 0.305 e. The Morgan fingerprint density at radius 3 is 2.42 bits per heavy atom. The van der Waals surface area contributed by atoms with E-state index in [9.17, 15) is 27.6 Å². The summed E-state index contributed by atoms with van der Waals surface area (Å²) in [6, 6.07) is 4.47. The van der Waals surface area contributed by atoms with Gasteiger partial charge in [0, 0.05) is 39.3 Å². The number of primary amides is 1. The number of hydrogen-bond donors (Lipinski definition) is 4. The fraction of sp³-hybridized carbons (Fsp3) is 0.515. The van der Waals surface area contributed by atoms with Gasteiger partial charge in [0.2, 0.25) is 27.7 Å². The van der Waals surface area contributed by atoms with Gasteiger partial charge in [0.1, 0.15) is 6.04 Å². The molecule has 2 aromatic rings. The molecule has 2 heterocycles. The second kappa shape index (κ2) is 18.0. The third-order valence-corrected chi connectivity index (χ3v) is 11.8. The van der Waals surface area contributed by atoms with Crippen molar-refractivity contribution in [1.82, 2.24) is 14.6 Å². The topological polar surface area (TPSA) is 172 Å². The lowest BCUT2D eigenvalue weighted by atomic mass is 10.2. The molecule has 1 saturated heterocycles. The number of anilines is 1. The second-order valence-electron chi connectivity index (χ2n) is 12.3. The minimum atomic E-state index is -3.47. The lowest BCUT2D eigenvalue weighted by Crippen LogP contribution is -2.45. The molecule has 5 rings (SSSR count). The molecule has 1 aromatic heterocycles. The van der Waals surface area contributed by atoms with Crippen LogP contribution in [0.2, 0.25) is 10.0 Å². The van der Waals surface area contributed by atoms with Crippen LogP contribution in [0.3, 0.4) is 0 Å². The van der Waals surface area contributed by atoms with Gasteiger partial charge in [-0.3, -0.25) is 23.9 Å². The number of carbonyl (C=O) groups excluding carboxylic acids is 3. The highest BCUT2D eigenvalue weighted by Gasteiger charge is 2.52. The zero-order valence-corrected chi connectivity index (χ0v) is 30.5. The highest BCUT2D eigenvalue weighted by Crippen LogP contribution is 2.44. The standard InChI is InChI=1S/C15H25NO3S.C13H15Cl2N3O2.C5H5NOS/c1-3-4-5-6-7-8-12-11-13(12)14(17)16-20(18,19)15(2)9-10-15;14-8-4-9(15)6-10(5-8)17-7-12(19)18-3-1-2-11(18)13(16)20;1-2-4-3-6-5(7)8-4/h7-8,12-13H,3-6,9-11H2,1-2H3,(H,16,17);4-6,11,17H,1-3,7H2,(H2,16,20);2-3H,1H2,(H,6,7)/b8-7-;;/t12?,13-;;/m0../s1. The van der Waals surface area contributed by atoms with Crippen LogP contribution < -0.4 is 20.6 Å². The summed E-state index contributed by atoms with van der Waals surface area (Å²) in [5.41, 5.74) is 5.94. The first-order valence-electron chi connectivity index (χ1n) is 16.0. The summed E-state index contributed by atoms with van der Waals surface area (Å²) in [6.07, 6.45) is 15.7. The van der Waals surface area contributed by atoms with E-state index in [2.05, 4.69) is 40.7 Å². The lowest BCUT2D eigenvalue weighted by Gasteiger charge is -2.22. The Morgan fingerprint density at radius 2 is 1.88 bits per heavy atom. The Labute approximate surface area is 296 Å². The van der Waals surface area contributed by atoms with Gasteiger partial charge < -0.3 is 20.9 Å². The number of nitrogens with two attached hydrogens (primary N) is 1.